The Hall–Kier alpha value is -3.41. The number of fused-ring (bicyclic) bond motifs is 1. The maximum absolute atomic E-state index is 13.2. The largest absolute Gasteiger partial charge is 0.361 e. The predicted octanol–water partition coefficient (Wildman–Crippen LogP) is 3.22. The van der Waals surface area contributed by atoms with E-state index in [0.717, 1.165) is 28.3 Å². The normalized spacial score (nSPS) is 15.2. The molecule has 1 atom stereocenters. The lowest BCUT2D eigenvalue weighted by atomic mass is 10.1. The van der Waals surface area contributed by atoms with Crippen molar-refractivity contribution in [1.29, 1.82) is 0 Å². The number of carbonyl (C=O) groups excluding carboxylic acids is 2. The molecule has 2 amide bonds. The summed E-state index contributed by atoms with van der Waals surface area (Å²) in [6.45, 7) is 4.22. The topological polar surface area (TPSA) is 75.4 Å². The highest BCUT2D eigenvalue weighted by Crippen LogP contribution is 2.33. The second-order valence-electron chi connectivity index (χ2n) is 7.23. The Morgan fingerprint density at radius 3 is 2.55 bits per heavy atom. The molecule has 148 valence electrons. The maximum Gasteiger partial charge on any atom is 0.259 e. The molecule has 1 aliphatic heterocycles. The van der Waals surface area contributed by atoms with Gasteiger partial charge in [-0.15, -0.1) is 0 Å². The van der Waals surface area contributed by atoms with Gasteiger partial charge < -0.3 is 9.84 Å². The monoisotopic (exact) mass is 389 g/mol. The van der Waals surface area contributed by atoms with Crippen LogP contribution in [0.3, 0.4) is 0 Å². The van der Waals surface area contributed by atoms with Crippen molar-refractivity contribution in [2.75, 3.05) is 11.4 Å². The molecular weight excluding hydrogens is 366 g/mol. The van der Waals surface area contributed by atoms with Crippen molar-refractivity contribution in [3.8, 4) is 0 Å². The third kappa shape index (κ3) is 3.66. The maximum atomic E-state index is 13.2. The fraction of sp³-hybridized carbons (Fsp3) is 0.261. The third-order valence-corrected chi connectivity index (χ3v) is 5.37. The first kappa shape index (κ1) is 18.9. The average molecular weight is 389 g/mol. The molecule has 0 aliphatic carbocycles. The minimum atomic E-state index is -0.565. The molecule has 0 saturated carbocycles. The molecule has 1 N–H and O–H groups in total. The van der Waals surface area contributed by atoms with Gasteiger partial charge in [0.15, 0.2) is 0 Å². The molecule has 1 aliphatic rings. The molecular formula is C23H23N3O3. The SMILES string of the molecule is Cc1noc(C)c1CCNC(=O)C1Cc2ccccc2N1C(=O)c1ccccc1. The molecule has 4 rings (SSSR count). The van der Waals surface area contributed by atoms with Gasteiger partial charge in [-0.3, -0.25) is 14.5 Å². The number of rotatable bonds is 5. The highest BCUT2D eigenvalue weighted by Gasteiger charge is 2.38. The Morgan fingerprint density at radius 2 is 1.83 bits per heavy atom. The van der Waals surface area contributed by atoms with Crippen LogP contribution in [0.25, 0.3) is 0 Å². The lowest BCUT2D eigenvalue weighted by molar-refractivity contribution is -0.122. The molecule has 0 radical (unpaired) electrons. The Kier molecular flexibility index (Phi) is 5.16. The molecule has 2 aromatic carbocycles. The summed E-state index contributed by atoms with van der Waals surface area (Å²) in [5.41, 5.74) is 4.22. The fourth-order valence-electron chi connectivity index (χ4n) is 3.85. The highest BCUT2D eigenvalue weighted by atomic mass is 16.5. The zero-order chi connectivity index (χ0) is 20.4. The molecule has 1 aromatic heterocycles. The van der Waals surface area contributed by atoms with Gasteiger partial charge in [0, 0.05) is 29.8 Å². The van der Waals surface area contributed by atoms with Crippen LogP contribution in [0.2, 0.25) is 0 Å². The van der Waals surface area contributed by atoms with Crippen LogP contribution >= 0.6 is 0 Å². The number of para-hydroxylation sites is 1. The summed E-state index contributed by atoms with van der Waals surface area (Å²) in [7, 11) is 0. The summed E-state index contributed by atoms with van der Waals surface area (Å²) in [4.78, 5) is 27.8. The fourth-order valence-corrected chi connectivity index (χ4v) is 3.85. The van der Waals surface area contributed by atoms with Gasteiger partial charge in [-0.2, -0.15) is 0 Å². The van der Waals surface area contributed by atoms with Crippen molar-refractivity contribution in [1.82, 2.24) is 10.5 Å². The smallest absolute Gasteiger partial charge is 0.259 e. The minimum Gasteiger partial charge on any atom is -0.361 e. The number of amides is 2. The van der Waals surface area contributed by atoms with Gasteiger partial charge in [0.2, 0.25) is 5.91 Å². The van der Waals surface area contributed by atoms with E-state index in [0.29, 0.717) is 24.9 Å². The van der Waals surface area contributed by atoms with Crippen LogP contribution in [-0.4, -0.2) is 29.6 Å². The van der Waals surface area contributed by atoms with Crippen LogP contribution in [0.15, 0.2) is 59.1 Å². The first-order chi connectivity index (χ1) is 14.1. The Bertz CT molecular complexity index is 1020. The molecule has 3 aromatic rings. The average Bonchev–Trinajstić information content (AvgIpc) is 3.29. The highest BCUT2D eigenvalue weighted by molar-refractivity contribution is 6.11. The number of aromatic nitrogens is 1. The van der Waals surface area contributed by atoms with Crippen LogP contribution in [-0.2, 0) is 17.6 Å². The van der Waals surface area contributed by atoms with Crippen LogP contribution in [0, 0.1) is 13.8 Å². The molecule has 6 heteroatoms. The summed E-state index contributed by atoms with van der Waals surface area (Å²) in [6.07, 6.45) is 1.14. The number of benzene rings is 2. The van der Waals surface area contributed by atoms with Crippen molar-refractivity contribution in [2.45, 2.75) is 32.7 Å². The van der Waals surface area contributed by atoms with Crippen LogP contribution in [0.1, 0.15) is 32.9 Å². The predicted molar refractivity (Wildman–Crippen MR) is 110 cm³/mol. The lowest BCUT2D eigenvalue weighted by Gasteiger charge is -2.25. The standard InChI is InChI=1S/C23H23N3O3/c1-15-19(16(2)29-25-15)12-13-24-22(27)21-14-18-10-6-7-11-20(18)26(21)23(28)17-8-4-3-5-9-17/h3-11,21H,12-14H2,1-2H3,(H,24,27). The van der Waals surface area contributed by atoms with Crippen molar-refractivity contribution < 1.29 is 14.1 Å². The number of carbonyl (C=O) groups is 2. The number of hydrogen-bond acceptors (Lipinski definition) is 4. The third-order valence-electron chi connectivity index (χ3n) is 5.37. The Balaban J connectivity index is 1.52. The van der Waals surface area contributed by atoms with E-state index in [1.54, 1.807) is 17.0 Å². The second-order valence-corrected chi connectivity index (χ2v) is 7.23. The number of anilines is 1. The van der Waals surface area contributed by atoms with Crippen LogP contribution in [0.5, 0.6) is 0 Å². The van der Waals surface area contributed by atoms with Gasteiger partial charge in [0.25, 0.3) is 5.91 Å². The van der Waals surface area contributed by atoms with Gasteiger partial charge in [-0.1, -0.05) is 41.6 Å². The summed E-state index contributed by atoms with van der Waals surface area (Å²) < 4.78 is 5.18. The van der Waals surface area contributed by atoms with E-state index in [-0.39, 0.29) is 11.8 Å². The van der Waals surface area contributed by atoms with E-state index in [1.165, 1.54) is 0 Å². The van der Waals surface area contributed by atoms with E-state index in [1.807, 2.05) is 56.3 Å². The Labute approximate surface area is 169 Å². The summed E-state index contributed by atoms with van der Waals surface area (Å²) in [5, 5.41) is 6.93. The zero-order valence-corrected chi connectivity index (χ0v) is 16.5. The van der Waals surface area contributed by atoms with Crippen molar-refractivity contribution in [3.05, 3.63) is 82.7 Å². The van der Waals surface area contributed by atoms with E-state index in [2.05, 4.69) is 10.5 Å². The molecule has 2 heterocycles. The lowest BCUT2D eigenvalue weighted by Crippen LogP contribution is -2.48. The van der Waals surface area contributed by atoms with E-state index < -0.39 is 6.04 Å². The molecule has 0 spiro atoms. The molecule has 1 unspecified atom stereocenters. The van der Waals surface area contributed by atoms with Crippen LogP contribution < -0.4 is 10.2 Å². The van der Waals surface area contributed by atoms with Crippen molar-refractivity contribution in [2.24, 2.45) is 0 Å². The number of hydrogen-bond donors (Lipinski definition) is 1. The Morgan fingerprint density at radius 1 is 1.10 bits per heavy atom. The number of nitrogens with zero attached hydrogens (tertiary/aromatic N) is 2. The first-order valence-electron chi connectivity index (χ1n) is 9.72. The zero-order valence-electron chi connectivity index (χ0n) is 16.5. The molecule has 29 heavy (non-hydrogen) atoms. The minimum absolute atomic E-state index is 0.155. The van der Waals surface area contributed by atoms with E-state index >= 15 is 0 Å². The van der Waals surface area contributed by atoms with Gasteiger partial charge in [-0.25, -0.2) is 0 Å². The van der Waals surface area contributed by atoms with Gasteiger partial charge in [0.05, 0.1) is 5.69 Å². The number of aryl methyl sites for hydroxylation is 2. The molecule has 0 saturated heterocycles. The quantitative estimate of drug-likeness (QED) is 0.727. The molecule has 0 bridgehead atoms. The summed E-state index contributed by atoms with van der Waals surface area (Å²) in [6, 6.07) is 16.2. The van der Waals surface area contributed by atoms with Crippen molar-refractivity contribution in [3.63, 3.8) is 0 Å². The number of nitrogens with one attached hydrogen (secondary N) is 1. The van der Waals surface area contributed by atoms with Gasteiger partial charge in [0.1, 0.15) is 11.8 Å². The van der Waals surface area contributed by atoms with Crippen LogP contribution in [0.4, 0.5) is 5.69 Å². The van der Waals surface area contributed by atoms with E-state index in [9.17, 15) is 9.59 Å². The van der Waals surface area contributed by atoms with Crippen molar-refractivity contribution >= 4 is 17.5 Å². The molecule has 0 fully saturated rings. The first-order valence-corrected chi connectivity index (χ1v) is 9.72. The second kappa shape index (κ2) is 7.91. The van der Waals surface area contributed by atoms with E-state index in [4.69, 9.17) is 4.52 Å². The van der Waals surface area contributed by atoms with Gasteiger partial charge in [-0.05, 0) is 44.0 Å². The van der Waals surface area contributed by atoms with Gasteiger partial charge >= 0.3 is 0 Å². The summed E-state index contributed by atoms with van der Waals surface area (Å²) >= 11 is 0. The molecule has 6 nitrogen and oxygen atoms in total. The summed E-state index contributed by atoms with van der Waals surface area (Å²) in [5.74, 6) is 0.449.